The van der Waals surface area contributed by atoms with E-state index in [0.29, 0.717) is 12.1 Å². The maximum absolute atomic E-state index is 12.1. The van der Waals surface area contributed by atoms with Gasteiger partial charge in [0, 0.05) is 24.9 Å². The summed E-state index contributed by atoms with van der Waals surface area (Å²) in [7, 11) is -3.30. The van der Waals surface area contributed by atoms with Crippen LogP contribution in [-0.4, -0.2) is 49.6 Å². The number of aliphatic carboxylic acids is 1. The first-order valence-corrected chi connectivity index (χ1v) is 7.96. The standard InChI is InChI=1S/C13H17NO5S/c1-3-14(9-8-12(15)16)13(17)10-4-6-11(7-5-10)20(2,18)19/h4-7H,3,8-9H2,1-2H3,(H,15,16). The summed E-state index contributed by atoms with van der Waals surface area (Å²) in [6.45, 7) is 2.27. The molecule has 0 spiro atoms. The van der Waals surface area contributed by atoms with E-state index in [1.54, 1.807) is 6.92 Å². The largest absolute Gasteiger partial charge is 0.481 e. The van der Waals surface area contributed by atoms with Crippen molar-refractivity contribution in [3.8, 4) is 0 Å². The van der Waals surface area contributed by atoms with Crippen LogP contribution in [0.1, 0.15) is 23.7 Å². The zero-order chi connectivity index (χ0) is 15.3. The van der Waals surface area contributed by atoms with Gasteiger partial charge in [0.2, 0.25) is 0 Å². The molecule has 0 heterocycles. The Hall–Kier alpha value is -1.89. The van der Waals surface area contributed by atoms with E-state index in [9.17, 15) is 18.0 Å². The number of carboxylic acid groups (broad SMARTS) is 1. The average Bonchev–Trinajstić information content (AvgIpc) is 2.38. The zero-order valence-corrected chi connectivity index (χ0v) is 12.2. The third-order valence-electron chi connectivity index (χ3n) is 2.79. The monoisotopic (exact) mass is 299 g/mol. The van der Waals surface area contributed by atoms with Crippen molar-refractivity contribution in [1.29, 1.82) is 0 Å². The van der Waals surface area contributed by atoms with Crippen molar-refractivity contribution in [3.63, 3.8) is 0 Å². The van der Waals surface area contributed by atoms with Gasteiger partial charge in [0.15, 0.2) is 9.84 Å². The summed E-state index contributed by atoms with van der Waals surface area (Å²) in [4.78, 5) is 24.2. The zero-order valence-electron chi connectivity index (χ0n) is 11.4. The minimum absolute atomic E-state index is 0.124. The molecule has 6 nitrogen and oxygen atoms in total. The molecule has 110 valence electrons. The minimum atomic E-state index is -3.30. The number of benzene rings is 1. The summed E-state index contributed by atoms with van der Waals surface area (Å²) < 4.78 is 22.6. The second-order valence-corrected chi connectivity index (χ2v) is 6.34. The van der Waals surface area contributed by atoms with Crippen LogP contribution in [0.15, 0.2) is 29.2 Å². The second-order valence-electron chi connectivity index (χ2n) is 4.33. The Morgan fingerprint density at radius 1 is 1.20 bits per heavy atom. The number of amides is 1. The fourth-order valence-electron chi connectivity index (χ4n) is 1.66. The molecule has 0 aromatic heterocycles. The fraction of sp³-hybridized carbons (Fsp3) is 0.385. The highest BCUT2D eigenvalue weighted by atomic mass is 32.2. The highest BCUT2D eigenvalue weighted by Crippen LogP contribution is 2.12. The molecule has 0 bridgehead atoms. The molecule has 0 radical (unpaired) electrons. The molecule has 0 aliphatic carbocycles. The minimum Gasteiger partial charge on any atom is -0.481 e. The summed E-state index contributed by atoms with van der Waals surface area (Å²) in [5, 5.41) is 8.63. The number of carbonyl (C=O) groups excluding carboxylic acids is 1. The van der Waals surface area contributed by atoms with Crippen LogP contribution in [0, 0.1) is 0 Å². The smallest absolute Gasteiger partial charge is 0.305 e. The van der Waals surface area contributed by atoms with Crippen LogP contribution in [-0.2, 0) is 14.6 Å². The third kappa shape index (κ3) is 4.34. The van der Waals surface area contributed by atoms with Crippen molar-refractivity contribution < 1.29 is 23.1 Å². The molecule has 0 aliphatic heterocycles. The maximum atomic E-state index is 12.1. The van der Waals surface area contributed by atoms with E-state index in [1.807, 2.05) is 0 Å². The normalized spacial score (nSPS) is 11.1. The van der Waals surface area contributed by atoms with Gasteiger partial charge in [-0.15, -0.1) is 0 Å². The number of carbonyl (C=O) groups is 2. The molecule has 20 heavy (non-hydrogen) atoms. The van der Waals surface area contributed by atoms with E-state index in [1.165, 1.54) is 29.2 Å². The Bertz CT molecular complexity index is 592. The first-order chi connectivity index (χ1) is 9.25. The molecule has 1 N–H and O–H groups in total. The van der Waals surface area contributed by atoms with Crippen LogP contribution in [0.4, 0.5) is 0 Å². The van der Waals surface area contributed by atoms with Crippen molar-refractivity contribution in [2.24, 2.45) is 0 Å². The highest BCUT2D eigenvalue weighted by Gasteiger charge is 2.16. The van der Waals surface area contributed by atoms with E-state index in [2.05, 4.69) is 0 Å². The number of nitrogens with zero attached hydrogens (tertiary/aromatic N) is 1. The van der Waals surface area contributed by atoms with Crippen LogP contribution in [0.5, 0.6) is 0 Å². The number of rotatable bonds is 6. The van der Waals surface area contributed by atoms with Gasteiger partial charge in [-0.1, -0.05) is 0 Å². The predicted octanol–water partition coefficient (Wildman–Crippen LogP) is 1.03. The van der Waals surface area contributed by atoms with E-state index in [-0.39, 0.29) is 23.8 Å². The Balaban J connectivity index is 2.88. The Kier molecular flexibility index (Phi) is 5.26. The molecular formula is C13H17NO5S. The van der Waals surface area contributed by atoms with E-state index >= 15 is 0 Å². The third-order valence-corrected chi connectivity index (χ3v) is 3.92. The SMILES string of the molecule is CCN(CCC(=O)O)C(=O)c1ccc(S(C)(=O)=O)cc1. The van der Waals surface area contributed by atoms with E-state index in [0.717, 1.165) is 6.26 Å². The van der Waals surface area contributed by atoms with Crippen LogP contribution in [0.3, 0.4) is 0 Å². The van der Waals surface area contributed by atoms with Crippen LogP contribution < -0.4 is 0 Å². The Morgan fingerprint density at radius 3 is 2.15 bits per heavy atom. The van der Waals surface area contributed by atoms with E-state index < -0.39 is 15.8 Å². The molecule has 0 aliphatic rings. The molecule has 0 unspecified atom stereocenters. The molecule has 0 fully saturated rings. The van der Waals surface area contributed by atoms with Gasteiger partial charge in [-0.25, -0.2) is 8.42 Å². The fourth-order valence-corrected chi connectivity index (χ4v) is 2.29. The first kappa shape index (κ1) is 16.2. The molecule has 0 atom stereocenters. The lowest BCUT2D eigenvalue weighted by molar-refractivity contribution is -0.137. The van der Waals surface area contributed by atoms with Gasteiger partial charge in [0.25, 0.3) is 5.91 Å². The molecule has 1 rings (SSSR count). The molecule has 1 aromatic carbocycles. The van der Waals surface area contributed by atoms with Crippen molar-refractivity contribution in [2.75, 3.05) is 19.3 Å². The molecule has 7 heteroatoms. The van der Waals surface area contributed by atoms with Crippen molar-refractivity contribution in [1.82, 2.24) is 4.90 Å². The lowest BCUT2D eigenvalue weighted by atomic mass is 10.2. The number of carboxylic acids is 1. The van der Waals surface area contributed by atoms with E-state index in [4.69, 9.17) is 5.11 Å². The van der Waals surface area contributed by atoms with Crippen molar-refractivity contribution in [2.45, 2.75) is 18.2 Å². The topological polar surface area (TPSA) is 91.8 Å². The Morgan fingerprint density at radius 2 is 1.75 bits per heavy atom. The summed E-state index contributed by atoms with van der Waals surface area (Å²) in [5.74, 6) is -1.28. The van der Waals surface area contributed by atoms with Gasteiger partial charge in [0.05, 0.1) is 11.3 Å². The van der Waals surface area contributed by atoms with Gasteiger partial charge in [-0.3, -0.25) is 9.59 Å². The molecule has 0 saturated carbocycles. The van der Waals surface area contributed by atoms with Crippen LogP contribution >= 0.6 is 0 Å². The van der Waals surface area contributed by atoms with Crippen LogP contribution in [0.25, 0.3) is 0 Å². The van der Waals surface area contributed by atoms with Gasteiger partial charge in [0.1, 0.15) is 0 Å². The summed E-state index contributed by atoms with van der Waals surface area (Å²) >= 11 is 0. The summed E-state index contributed by atoms with van der Waals surface area (Å²) in [6.07, 6.45) is 0.968. The highest BCUT2D eigenvalue weighted by molar-refractivity contribution is 7.90. The molecular weight excluding hydrogens is 282 g/mol. The maximum Gasteiger partial charge on any atom is 0.305 e. The van der Waals surface area contributed by atoms with Gasteiger partial charge < -0.3 is 10.0 Å². The van der Waals surface area contributed by atoms with Gasteiger partial charge in [-0.2, -0.15) is 0 Å². The second kappa shape index (κ2) is 6.51. The molecule has 1 amide bonds. The lowest BCUT2D eigenvalue weighted by Crippen LogP contribution is -2.32. The number of hydrogen-bond acceptors (Lipinski definition) is 4. The quantitative estimate of drug-likeness (QED) is 0.847. The first-order valence-electron chi connectivity index (χ1n) is 6.07. The average molecular weight is 299 g/mol. The van der Waals surface area contributed by atoms with Crippen molar-refractivity contribution in [3.05, 3.63) is 29.8 Å². The summed E-state index contributed by atoms with van der Waals surface area (Å²) in [5.41, 5.74) is 0.338. The van der Waals surface area contributed by atoms with Gasteiger partial charge >= 0.3 is 5.97 Å². The number of sulfone groups is 1. The predicted molar refractivity (Wildman–Crippen MR) is 73.4 cm³/mol. The van der Waals surface area contributed by atoms with Gasteiger partial charge in [-0.05, 0) is 31.2 Å². The molecule has 0 saturated heterocycles. The Labute approximate surface area is 117 Å². The molecule has 1 aromatic rings. The number of hydrogen-bond donors (Lipinski definition) is 1. The van der Waals surface area contributed by atoms with Crippen LogP contribution in [0.2, 0.25) is 0 Å². The summed E-state index contributed by atoms with van der Waals surface area (Å²) in [6, 6.07) is 5.60. The van der Waals surface area contributed by atoms with Crippen molar-refractivity contribution >= 4 is 21.7 Å². The lowest BCUT2D eigenvalue weighted by Gasteiger charge is -2.20.